The van der Waals surface area contributed by atoms with Crippen LogP contribution in [0, 0.1) is 17.7 Å². The molecule has 0 amide bonds. The van der Waals surface area contributed by atoms with Crippen molar-refractivity contribution < 1.29 is 14.2 Å². The number of rotatable bonds is 4. The summed E-state index contributed by atoms with van der Waals surface area (Å²) in [5.74, 6) is 5.19. The highest BCUT2D eigenvalue weighted by Crippen LogP contribution is 2.21. The SMILES string of the molecule is OCCC#Cc1cc(COC2CCCCCC2)ccc1F. The zero-order valence-electron chi connectivity index (χ0n) is 12.4. The van der Waals surface area contributed by atoms with Crippen molar-refractivity contribution in [1.82, 2.24) is 0 Å². The summed E-state index contributed by atoms with van der Waals surface area (Å²) in [7, 11) is 0. The molecule has 0 unspecified atom stereocenters. The fourth-order valence-corrected chi connectivity index (χ4v) is 2.59. The fraction of sp³-hybridized carbons (Fsp3) is 0.556. The lowest BCUT2D eigenvalue weighted by Gasteiger charge is -2.15. The predicted octanol–water partition coefficient (Wildman–Crippen LogP) is 3.80. The van der Waals surface area contributed by atoms with Gasteiger partial charge in [-0.2, -0.15) is 0 Å². The smallest absolute Gasteiger partial charge is 0.138 e. The monoisotopic (exact) mass is 290 g/mol. The summed E-state index contributed by atoms with van der Waals surface area (Å²) in [5.41, 5.74) is 1.33. The van der Waals surface area contributed by atoms with E-state index in [4.69, 9.17) is 9.84 Å². The van der Waals surface area contributed by atoms with Crippen molar-refractivity contribution in [3.63, 3.8) is 0 Å². The van der Waals surface area contributed by atoms with E-state index in [0.29, 0.717) is 24.7 Å². The van der Waals surface area contributed by atoms with Crippen LogP contribution in [0.25, 0.3) is 0 Å². The molecule has 0 atom stereocenters. The van der Waals surface area contributed by atoms with Gasteiger partial charge < -0.3 is 9.84 Å². The Morgan fingerprint density at radius 3 is 2.67 bits per heavy atom. The van der Waals surface area contributed by atoms with E-state index < -0.39 is 0 Å². The average Bonchev–Trinajstić information content (AvgIpc) is 2.77. The van der Waals surface area contributed by atoms with Gasteiger partial charge in [0, 0.05) is 6.42 Å². The lowest BCUT2D eigenvalue weighted by Crippen LogP contribution is -2.11. The van der Waals surface area contributed by atoms with E-state index in [2.05, 4.69) is 11.8 Å². The van der Waals surface area contributed by atoms with Gasteiger partial charge in [0.15, 0.2) is 0 Å². The van der Waals surface area contributed by atoms with Gasteiger partial charge in [-0.15, -0.1) is 0 Å². The lowest BCUT2D eigenvalue weighted by atomic mass is 10.1. The molecule has 0 saturated heterocycles. The van der Waals surface area contributed by atoms with E-state index in [0.717, 1.165) is 18.4 Å². The molecule has 1 fully saturated rings. The molecule has 1 aromatic carbocycles. The Kier molecular flexibility index (Phi) is 6.72. The van der Waals surface area contributed by atoms with Crippen LogP contribution in [0.2, 0.25) is 0 Å². The quantitative estimate of drug-likeness (QED) is 0.675. The van der Waals surface area contributed by atoms with Crippen molar-refractivity contribution in [2.75, 3.05) is 6.61 Å². The number of ether oxygens (including phenoxy) is 1. The standard InChI is InChI=1S/C18H23FO2/c19-18-11-10-15(13-16(18)7-5-6-12-20)14-21-17-8-3-1-2-4-9-17/h10-11,13,17,20H,1-4,6,8-9,12,14H2. The molecule has 2 rings (SSSR count). The van der Waals surface area contributed by atoms with Crippen molar-refractivity contribution in [3.8, 4) is 11.8 Å². The second-order valence-corrected chi connectivity index (χ2v) is 5.51. The predicted molar refractivity (Wildman–Crippen MR) is 81.3 cm³/mol. The van der Waals surface area contributed by atoms with Crippen LogP contribution in [0.3, 0.4) is 0 Å². The van der Waals surface area contributed by atoms with Gasteiger partial charge in [0.2, 0.25) is 0 Å². The van der Waals surface area contributed by atoms with Gasteiger partial charge in [-0.25, -0.2) is 4.39 Å². The summed E-state index contributed by atoms with van der Waals surface area (Å²) in [6.45, 7) is 0.513. The van der Waals surface area contributed by atoms with Gasteiger partial charge >= 0.3 is 0 Å². The Morgan fingerprint density at radius 1 is 1.19 bits per heavy atom. The number of aliphatic hydroxyl groups is 1. The van der Waals surface area contributed by atoms with E-state index in [1.165, 1.54) is 31.7 Å². The molecule has 1 N–H and O–H groups in total. The van der Waals surface area contributed by atoms with Gasteiger partial charge in [0.1, 0.15) is 5.82 Å². The Bertz CT molecular complexity index is 494. The molecule has 0 aromatic heterocycles. The molecule has 3 heteroatoms. The first kappa shape index (κ1) is 16.0. The van der Waals surface area contributed by atoms with E-state index in [-0.39, 0.29) is 12.4 Å². The van der Waals surface area contributed by atoms with E-state index in [9.17, 15) is 4.39 Å². The molecule has 0 spiro atoms. The zero-order chi connectivity index (χ0) is 14.9. The highest BCUT2D eigenvalue weighted by atomic mass is 19.1. The summed E-state index contributed by atoms with van der Waals surface area (Å²) in [6, 6.07) is 4.94. The molecule has 0 heterocycles. The average molecular weight is 290 g/mol. The maximum atomic E-state index is 13.6. The van der Waals surface area contributed by atoms with Crippen LogP contribution < -0.4 is 0 Å². The molecule has 1 aliphatic rings. The van der Waals surface area contributed by atoms with E-state index in [1.54, 1.807) is 12.1 Å². The fourth-order valence-electron chi connectivity index (χ4n) is 2.59. The topological polar surface area (TPSA) is 29.5 Å². The van der Waals surface area contributed by atoms with E-state index >= 15 is 0 Å². The van der Waals surface area contributed by atoms with Crippen LogP contribution in [-0.2, 0) is 11.3 Å². The molecule has 1 aliphatic carbocycles. The minimum absolute atomic E-state index is 0.000892. The second kappa shape index (κ2) is 8.81. The van der Waals surface area contributed by atoms with Crippen LogP contribution in [0.15, 0.2) is 18.2 Å². The highest BCUT2D eigenvalue weighted by Gasteiger charge is 2.12. The molecular weight excluding hydrogens is 267 g/mol. The molecule has 1 saturated carbocycles. The Labute approximate surface area is 126 Å². The van der Waals surface area contributed by atoms with Crippen LogP contribution in [0.5, 0.6) is 0 Å². The Morgan fingerprint density at radius 2 is 1.95 bits per heavy atom. The number of hydrogen-bond acceptors (Lipinski definition) is 2. The number of hydrogen-bond donors (Lipinski definition) is 1. The molecular formula is C18H23FO2. The number of aliphatic hydroxyl groups excluding tert-OH is 1. The van der Waals surface area contributed by atoms with Gasteiger partial charge in [0.05, 0.1) is 24.9 Å². The Balaban J connectivity index is 1.94. The summed E-state index contributed by atoms with van der Waals surface area (Å²) < 4.78 is 19.6. The summed E-state index contributed by atoms with van der Waals surface area (Å²) in [4.78, 5) is 0. The van der Waals surface area contributed by atoms with Crippen LogP contribution in [0.1, 0.15) is 56.1 Å². The summed E-state index contributed by atoms with van der Waals surface area (Å²) in [6.07, 6.45) is 8.05. The van der Waals surface area contributed by atoms with Crippen molar-refractivity contribution in [2.24, 2.45) is 0 Å². The summed E-state index contributed by atoms with van der Waals surface area (Å²) in [5, 5.41) is 8.70. The zero-order valence-corrected chi connectivity index (χ0v) is 12.4. The molecule has 114 valence electrons. The van der Waals surface area contributed by atoms with Crippen LogP contribution in [-0.4, -0.2) is 17.8 Å². The number of halogens is 1. The first-order chi connectivity index (χ1) is 10.3. The Hall–Kier alpha value is -1.37. The van der Waals surface area contributed by atoms with Crippen LogP contribution >= 0.6 is 0 Å². The van der Waals surface area contributed by atoms with E-state index in [1.807, 2.05) is 0 Å². The second-order valence-electron chi connectivity index (χ2n) is 5.51. The minimum Gasteiger partial charge on any atom is -0.395 e. The highest BCUT2D eigenvalue weighted by molar-refractivity contribution is 5.38. The van der Waals surface area contributed by atoms with Crippen molar-refractivity contribution in [2.45, 2.75) is 57.7 Å². The largest absolute Gasteiger partial charge is 0.395 e. The first-order valence-electron chi connectivity index (χ1n) is 7.79. The van der Waals surface area contributed by atoms with Gasteiger partial charge in [-0.05, 0) is 30.5 Å². The van der Waals surface area contributed by atoms with Crippen molar-refractivity contribution in [1.29, 1.82) is 0 Å². The van der Waals surface area contributed by atoms with Gasteiger partial charge in [0.25, 0.3) is 0 Å². The molecule has 0 radical (unpaired) electrons. The van der Waals surface area contributed by atoms with Gasteiger partial charge in [-0.3, -0.25) is 0 Å². The maximum Gasteiger partial charge on any atom is 0.138 e. The third-order valence-electron chi connectivity index (χ3n) is 3.78. The van der Waals surface area contributed by atoms with Crippen molar-refractivity contribution in [3.05, 3.63) is 35.1 Å². The molecule has 2 nitrogen and oxygen atoms in total. The van der Waals surface area contributed by atoms with Gasteiger partial charge in [-0.1, -0.05) is 43.6 Å². The van der Waals surface area contributed by atoms with Crippen molar-refractivity contribution >= 4 is 0 Å². The third-order valence-corrected chi connectivity index (χ3v) is 3.78. The molecule has 0 aliphatic heterocycles. The third kappa shape index (κ3) is 5.49. The minimum atomic E-state index is -0.321. The molecule has 0 bridgehead atoms. The maximum absolute atomic E-state index is 13.6. The molecule has 1 aromatic rings. The summed E-state index contributed by atoms with van der Waals surface area (Å²) >= 11 is 0. The number of benzene rings is 1. The lowest BCUT2D eigenvalue weighted by molar-refractivity contribution is 0.0309. The first-order valence-corrected chi connectivity index (χ1v) is 7.79. The molecule has 21 heavy (non-hydrogen) atoms. The normalized spacial score (nSPS) is 16.1. The van der Waals surface area contributed by atoms with Crippen LogP contribution in [0.4, 0.5) is 4.39 Å².